The van der Waals surface area contributed by atoms with Gasteiger partial charge in [-0.3, -0.25) is 9.35 Å². The van der Waals surface area contributed by atoms with E-state index in [9.17, 15) is 30.9 Å². The Bertz CT molecular complexity index is 1060. The van der Waals surface area contributed by atoms with Crippen LogP contribution in [0.15, 0.2) is 36.4 Å². The first-order valence-electron chi connectivity index (χ1n) is 10.1. The van der Waals surface area contributed by atoms with Gasteiger partial charge in [0.25, 0.3) is 10.1 Å². The molecule has 0 aliphatic carbocycles. The smallest absolute Gasteiger partial charge is 0.433 e. The molecule has 1 aromatic carbocycles. The number of hydrogen-bond acceptors (Lipinski definition) is 6. The number of nitrogens with one attached hydrogen (secondary N) is 1. The molecule has 1 amide bonds. The summed E-state index contributed by atoms with van der Waals surface area (Å²) in [5, 5.41) is 0.904. The first kappa shape index (κ1) is 26.4. The monoisotopic (exact) mass is 489 g/mol. The Balaban J connectivity index is 2.15. The third-order valence-corrected chi connectivity index (χ3v) is 5.84. The van der Waals surface area contributed by atoms with E-state index in [1.54, 1.807) is 0 Å². The van der Waals surface area contributed by atoms with E-state index in [1.165, 1.54) is 24.3 Å². The molecule has 0 radical (unpaired) electrons. The van der Waals surface area contributed by atoms with Crippen molar-refractivity contribution in [3.63, 3.8) is 0 Å². The number of benzene rings is 1. The summed E-state index contributed by atoms with van der Waals surface area (Å²) in [5.41, 5.74) is 5.17. The van der Waals surface area contributed by atoms with Crippen LogP contribution >= 0.6 is 0 Å². The SMILES string of the molecule is CC(C)CCOc1nc(C(F)(F)F)ccc1CNC(=O)CC(c1ccc(N)cc1)S(=O)(=O)O. The summed E-state index contributed by atoms with van der Waals surface area (Å²) in [4.78, 5) is 15.9. The number of rotatable bonds is 10. The van der Waals surface area contributed by atoms with Gasteiger partial charge in [0.1, 0.15) is 10.9 Å². The van der Waals surface area contributed by atoms with Gasteiger partial charge in [0.2, 0.25) is 11.8 Å². The minimum atomic E-state index is -4.67. The quantitative estimate of drug-likeness (QED) is 0.342. The van der Waals surface area contributed by atoms with E-state index < -0.39 is 39.6 Å². The predicted octanol–water partition coefficient (Wildman–Crippen LogP) is 3.74. The average Bonchev–Trinajstić information content (AvgIpc) is 2.70. The first-order chi connectivity index (χ1) is 15.3. The number of aromatic nitrogens is 1. The number of alkyl halides is 3. The van der Waals surface area contributed by atoms with Gasteiger partial charge in [-0.05, 0) is 42.2 Å². The summed E-state index contributed by atoms with van der Waals surface area (Å²) in [6, 6.07) is 7.52. The third-order valence-electron chi connectivity index (χ3n) is 4.68. The lowest BCUT2D eigenvalue weighted by Gasteiger charge is -2.16. The highest BCUT2D eigenvalue weighted by Gasteiger charge is 2.33. The van der Waals surface area contributed by atoms with Gasteiger partial charge in [-0.2, -0.15) is 21.6 Å². The molecule has 0 saturated carbocycles. The molecule has 2 rings (SSSR count). The van der Waals surface area contributed by atoms with Crippen molar-refractivity contribution >= 4 is 21.7 Å². The lowest BCUT2D eigenvalue weighted by molar-refractivity contribution is -0.141. The molecule has 8 nitrogen and oxygen atoms in total. The molecule has 1 aromatic heterocycles. The molecule has 33 heavy (non-hydrogen) atoms. The number of carbonyl (C=O) groups is 1. The molecule has 1 unspecified atom stereocenters. The van der Waals surface area contributed by atoms with Gasteiger partial charge in [0, 0.05) is 24.2 Å². The second kappa shape index (κ2) is 10.8. The third kappa shape index (κ3) is 8.21. The molecule has 0 saturated heterocycles. The van der Waals surface area contributed by atoms with Crippen LogP contribution in [0.4, 0.5) is 18.9 Å². The summed E-state index contributed by atoms with van der Waals surface area (Å²) in [5.74, 6) is -0.761. The van der Waals surface area contributed by atoms with Gasteiger partial charge in [-0.1, -0.05) is 26.0 Å². The second-order valence-electron chi connectivity index (χ2n) is 7.84. The highest BCUT2D eigenvalue weighted by molar-refractivity contribution is 7.86. The number of carbonyl (C=O) groups excluding carboxylic acids is 1. The molecule has 0 fully saturated rings. The fraction of sp³-hybridized carbons (Fsp3) is 0.429. The van der Waals surface area contributed by atoms with Crippen LogP contribution in [0.1, 0.15) is 48.8 Å². The standard InChI is InChI=1S/C21H26F3N3O5S/c1-13(2)9-10-32-20-15(5-8-18(27-20)21(22,23)24)12-26-19(28)11-17(33(29,30)31)14-3-6-16(25)7-4-14/h3-8,13,17H,9-12,25H2,1-2H3,(H,26,28)(H,29,30,31). The molecular weight excluding hydrogens is 463 g/mol. The summed E-state index contributed by atoms with van der Waals surface area (Å²) in [6.07, 6.45) is -4.69. The Morgan fingerprint density at radius 1 is 1.18 bits per heavy atom. The van der Waals surface area contributed by atoms with E-state index in [-0.39, 0.29) is 36.1 Å². The molecule has 1 heterocycles. The number of anilines is 1. The lowest BCUT2D eigenvalue weighted by Crippen LogP contribution is -2.27. The van der Waals surface area contributed by atoms with Crippen molar-refractivity contribution in [1.29, 1.82) is 0 Å². The fourth-order valence-electron chi connectivity index (χ4n) is 2.82. The van der Waals surface area contributed by atoms with Crippen LogP contribution in [0, 0.1) is 5.92 Å². The Morgan fingerprint density at radius 2 is 1.82 bits per heavy atom. The van der Waals surface area contributed by atoms with Crippen molar-refractivity contribution in [3.05, 3.63) is 53.2 Å². The van der Waals surface area contributed by atoms with Crippen molar-refractivity contribution in [1.82, 2.24) is 10.3 Å². The molecule has 182 valence electrons. The molecule has 2 aromatic rings. The molecular formula is C21H26F3N3O5S. The Hall–Kier alpha value is -2.86. The zero-order chi connectivity index (χ0) is 24.8. The Labute approximate surface area is 190 Å². The van der Waals surface area contributed by atoms with E-state index in [0.29, 0.717) is 12.1 Å². The van der Waals surface area contributed by atoms with E-state index in [1.807, 2.05) is 13.8 Å². The summed E-state index contributed by atoms with van der Waals surface area (Å²) >= 11 is 0. The van der Waals surface area contributed by atoms with E-state index in [4.69, 9.17) is 10.5 Å². The van der Waals surface area contributed by atoms with Gasteiger partial charge >= 0.3 is 6.18 Å². The minimum absolute atomic E-state index is 0.134. The zero-order valence-electron chi connectivity index (χ0n) is 18.1. The highest BCUT2D eigenvalue weighted by Crippen LogP contribution is 2.31. The van der Waals surface area contributed by atoms with Crippen LogP contribution < -0.4 is 15.8 Å². The minimum Gasteiger partial charge on any atom is -0.477 e. The molecule has 1 atom stereocenters. The number of pyridine rings is 1. The predicted molar refractivity (Wildman–Crippen MR) is 116 cm³/mol. The molecule has 0 aliphatic rings. The number of ether oxygens (including phenoxy) is 1. The molecule has 4 N–H and O–H groups in total. The molecule has 0 bridgehead atoms. The number of nitrogens with two attached hydrogens (primary N) is 1. The number of hydrogen-bond donors (Lipinski definition) is 3. The summed E-state index contributed by atoms with van der Waals surface area (Å²) in [6.45, 7) is 3.74. The van der Waals surface area contributed by atoms with Gasteiger partial charge < -0.3 is 15.8 Å². The number of halogens is 3. The number of nitrogens with zero attached hydrogens (tertiary/aromatic N) is 1. The van der Waals surface area contributed by atoms with Gasteiger partial charge in [0.05, 0.1) is 6.61 Å². The largest absolute Gasteiger partial charge is 0.477 e. The van der Waals surface area contributed by atoms with Crippen molar-refractivity contribution in [2.24, 2.45) is 5.92 Å². The molecule has 12 heteroatoms. The van der Waals surface area contributed by atoms with Crippen LogP contribution in [0.5, 0.6) is 5.88 Å². The highest BCUT2D eigenvalue weighted by atomic mass is 32.2. The van der Waals surface area contributed by atoms with E-state index >= 15 is 0 Å². The van der Waals surface area contributed by atoms with Crippen LogP contribution in [-0.4, -0.2) is 30.5 Å². The number of nitrogen functional groups attached to an aromatic ring is 1. The van der Waals surface area contributed by atoms with Gasteiger partial charge in [0.15, 0.2) is 0 Å². The summed E-state index contributed by atoms with van der Waals surface area (Å²) < 4.78 is 77.6. The fourth-order valence-corrected chi connectivity index (χ4v) is 3.68. The number of amides is 1. The van der Waals surface area contributed by atoms with E-state index in [0.717, 1.165) is 12.1 Å². The van der Waals surface area contributed by atoms with Crippen molar-refractivity contribution in [3.8, 4) is 5.88 Å². The van der Waals surface area contributed by atoms with E-state index in [2.05, 4.69) is 10.3 Å². The zero-order valence-corrected chi connectivity index (χ0v) is 18.9. The maximum atomic E-state index is 13.0. The van der Waals surface area contributed by atoms with Crippen LogP contribution in [0.3, 0.4) is 0 Å². The second-order valence-corrected chi connectivity index (χ2v) is 9.44. The topological polar surface area (TPSA) is 132 Å². The lowest BCUT2D eigenvalue weighted by atomic mass is 10.1. The Morgan fingerprint density at radius 3 is 2.36 bits per heavy atom. The maximum absolute atomic E-state index is 13.0. The average molecular weight is 490 g/mol. The van der Waals surface area contributed by atoms with Gasteiger partial charge in [-0.25, -0.2) is 4.98 Å². The summed E-state index contributed by atoms with van der Waals surface area (Å²) in [7, 11) is -4.62. The van der Waals surface area contributed by atoms with Crippen molar-refractivity contribution in [2.45, 2.75) is 44.7 Å². The van der Waals surface area contributed by atoms with Crippen molar-refractivity contribution in [2.75, 3.05) is 12.3 Å². The normalized spacial score (nSPS) is 13.1. The van der Waals surface area contributed by atoms with Crippen LogP contribution in [0.25, 0.3) is 0 Å². The molecule has 0 spiro atoms. The maximum Gasteiger partial charge on any atom is 0.433 e. The first-order valence-corrected chi connectivity index (χ1v) is 11.6. The van der Waals surface area contributed by atoms with Crippen LogP contribution in [-0.2, 0) is 27.6 Å². The molecule has 0 aliphatic heterocycles. The van der Waals surface area contributed by atoms with Crippen LogP contribution in [0.2, 0.25) is 0 Å². The Kier molecular flexibility index (Phi) is 8.67. The van der Waals surface area contributed by atoms with Crippen molar-refractivity contribution < 1.29 is 35.7 Å². The van der Waals surface area contributed by atoms with Gasteiger partial charge in [-0.15, -0.1) is 0 Å².